The number of hydrogen-bond acceptors (Lipinski definition) is 2. The van der Waals surface area contributed by atoms with Crippen LogP contribution in [0.2, 0.25) is 0 Å². The van der Waals surface area contributed by atoms with E-state index < -0.39 is 5.97 Å². The van der Waals surface area contributed by atoms with Crippen molar-refractivity contribution in [2.24, 2.45) is 17.8 Å². The Morgan fingerprint density at radius 2 is 1.82 bits per heavy atom. The molecule has 0 aliphatic heterocycles. The summed E-state index contributed by atoms with van der Waals surface area (Å²) in [6.45, 7) is 2.06. The average molecular weight is 239 g/mol. The fraction of sp³-hybridized carbons (Fsp3) is 0.846. The lowest BCUT2D eigenvalue weighted by atomic mass is 9.80. The van der Waals surface area contributed by atoms with Gasteiger partial charge in [-0.1, -0.05) is 6.42 Å². The molecule has 0 aromatic heterocycles. The van der Waals surface area contributed by atoms with Gasteiger partial charge in [-0.2, -0.15) is 0 Å². The van der Waals surface area contributed by atoms with E-state index in [2.05, 4.69) is 12.2 Å². The van der Waals surface area contributed by atoms with Crippen LogP contribution in [0.15, 0.2) is 0 Å². The van der Waals surface area contributed by atoms with Crippen LogP contribution in [-0.4, -0.2) is 23.0 Å². The summed E-state index contributed by atoms with van der Waals surface area (Å²) in [6.07, 6.45) is 5.58. The number of hydrogen-bond donors (Lipinski definition) is 2. The number of carbonyl (C=O) groups is 2. The molecule has 2 rings (SSSR count). The quantitative estimate of drug-likeness (QED) is 0.786. The zero-order valence-corrected chi connectivity index (χ0v) is 10.3. The van der Waals surface area contributed by atoms with E-state index in [1.807, 2.05) is 0 Å². The van der Waals surface area contributed by atoms with Crippen LogP contribution in [0.1, 0.15) is 45.4 Å². The summed E-state index contributed by atoms with van der Waals surface area (Å²) in [5.41, 5.74) is 0. The second kappa shape index (κ2) is 5.07. The predicted molar refractivity (Wildman–Crippen MR) is 63.4 cm³/mol. The van der Waals surface area contributed by atoms with Crippen molar-refractivity contribution in [2.75, 3.05) is 0 Å². The summed E-state index contributed by atoms with van der Waals surface area (Å²) in [4.78, 5) is 22.8. The van der Waals surface area contributed by atoms with Crippen molar-refractivity contribution >= 4 is 11.9 Å². The molecule has 0 aromatic rings. The molecule has 0 bridgehead atoms. The van der Waals surface area contributed by atoms with Gasteiger partial charge in [0.15, 0.2) is 0 Å². The zero-order valence-electron chi connectivity index (χ0n) is 10.3. The Balaban J connectivity index is 1.78. The first kappa shape index (κ1) is 12.4. The van der Waals surface area contributed by atoms with Gasteiger partial charge in [-0.25, -0.2) is 0 Å². The van der Waals surface area contributed by atoms with E-state index in [-0.39, 0.29) is 23.8 Å². The predicted octanol–water partition coefficient (Wildman–Crippen LogP) is 1.79. The Morgan fingerprint density at radius 1 is 1.18 bits per heavy atom. The van der Waals surface area contributed by atoms with Gasteiger partial charge in [0.05, 0.1) is 5.92 Å². The molecule has 0 saturated heterocycles. The Hall–Kier alpha value is -1.06. The molecule has 3 unspecified atom stereocenters. The van der Waals surface area contributed by atoms with Gasteiger partial charge in [0.1, 0.15) is 0 Å². The number of amides is 1. The minimum absolute atomic E-state index is 0.0631. The van der Waals surface area contributed by atoms with E-state index in [1.54, 1.807) is 0 Å². The van der Waals surface area contributed by atoms with Crippen molar-refractivity contribution < 1.29 is 14.7 Å². The summed E-state index contributed by atoms with van der Waals surface area (Å²) in [7, 11) is 0. The smallest absolute Gasteiger partial charge is 0.306 e. The molecule has 0 spiro atoms. The van der Waals surface area contributed by atoms with Crippen LogP contribution >= 0.6 is 0 Å². The third-order valence-electron chi connectivity index (χ3n) is 4.38. The minimum Gasteiger partial charge on any atom is -0.481 e. The van der Waals surface area contributed by atoms with Gasteiger partial charge in [-0.3, -0.25) is 9.59 Å². The summed E-state index contributed by atoms with van der Waals surface area (Å²) >= 11 is 0. The fourth-order valence-corrected chi connectivity index (χ4v) is 2.84. The molecule has 0 aromatic carbocycles. The molecule has 4 nitrogen and oxygen atoms in total. The van der Waals surface area contributed by atoms with Gasteiger partial charge in [0.25, 0.3) is 0 Å². The maximum atomic E-state index is 12.0. The Kier molecular flexibility index (Phi) is 3.69. The Bertz CT molecular complexity index is 312. The fourth-order valence-electron chi connectivity index (χ4n) is 2.84. The van der Waals surface area contributed by atoms with Gasteiger partial charge in [-0.05, 0) is 44.9 Å². The summed E-state index contributed by atoms with van der Waals surface area (Å²) in [6, 6.07) is 0.250. The number of carboxylic acids is 1. The molecular formula is C13H21NO3. The van der Waals surface area contributed by atoms with E-state index >= 15 is 0 Å². The molecule has 2 fully saturated rings. The second-order valence-electron chi connectivity index (χ2n) is 5.53. The van der Waals surface area contributed by atoms with Crippen LogP contribution in [0.4, 0.5) is 0 Å². The van der Waals surface area contributed by atoms with Crippen molar-refractivity contribution in [3.8, 4) is 0 Å². The largest absolute Gasteiger partial charge is 0.481 e. The van der Waals surface area contributed by atoms with Crippen LogP contribution in [0.5, 0.6) is 0 Å². The topological polar surface area (TPSA) is 66.4 Å². The molecule has 17 heavy (non-hydrogen) atoms. The lowest BCUT2D eigenvalue weighted by Gasteiger charge is -2.32. The number of carboxylic acid groups (broad SMARTS) is 1. The maximum absolute atomic E-state index is 12.0. The standard InChI is InChI=1S/C13H21NO3/c1-8(9-3-2-4-9)14-12(15)10-5-6-11(7-10)13(16)17/h8-11H,2-7H2,1H3,(H,14,15)(H,16,17). The van der Waals surface area contributed by atoms with E-state index in [4.69, 9.17) is 5.11 Å². The highest BCUT2D eigenvalue weighted by Crippen LogP contribution is 2.33. The first-order valence-corrected chi connectivity index (χ1v) is 6.61. The Morgan fingerprint density at radius 3 is 2.29 bits per heavy atom. The normalized spacial score (nSPS) is 30.6. The SMILES string of the molecule is CC(NC(=O)C1CCC(C(=O)O)C1)C1CCC1. The van der Waals surface area contributed by atoms with Crippen LogP contribution in [-0.2, 0) is 9.59 Å². The highest BCUT2D eigenvalue weighted by atomic mass is 16.4. The highest BCUT2D eigenvalue weighted by molar-refractivity contribution is 5.81. The van der Waals surface area contributed by atoms with Crippen molar-refractivity contribution in [3.63, 3.8) is 0 Å². The zero-order chi connectivity index (χ0) is 12.4. The van der Waals surface area contributed by atoms with Crippen LogP contribution < -0.4 is 5.32 Å². The molecule has 4 heteroatoms. The van der Waals surface area contributed by atoms with Crippen molar-refractivity contribution in [2.45, 2.75) is 51.5 Å². The van der Waals surface area contributed by atoms with Gasteiger partial charge < -0.3 is 10.4 Å². The third-order valence-corrected chi connectivity index (χ3v) is 4.38. The van der Waals surface area contributed by atoms with E-state index in [0.29, 0.717) is 18.8 Å². The molecule has 2 saturated carbocycles. The number of aliphatic carboxylic acids is 1. The lowest BCUT2D eigenvalue weighted by molar-refractivity contribution is -0.141. The minimum atomic E-state index is -0.757. The van der Waals surface area contributed by atoms with Crippen molar-refractivity contribution in [3.05, 3.63) is 0 Å². The van der Waals surface area contributed by atoms with Crippen molar-refractivity contribution in [1.82, 2.24) is 5.32 Å². The molecule has 2 aliphatic rings. The Labute approximate surface area is 102 Å². The van der Waals surface area contributed by atoms with Gasteiger partial charge in [0.2, 0.25) is 5.91 Å². The lowest BCUT2D eigenvalue weighted by Crippen LogP contribution is -2.43. The summed E-state index contributed by atoms with van der Waals surface area (Å²) in [5, 5.41) is 11.9. The van der Waals surface area contributed by atoms with E-state index in [9.17, 15) is 9.59 Å². The molecule has 0 heterocycles. The number of rotatable bonds is 4. The molecule has 96 valence electrons. The monoisotopic (exact) mass is 239 g/mol. The molecule has 3 atom stereocenters. The van der Waals surface area contributed by atoms with Gasteiger partial charge in [0, 0.05) is 12.0 Å². The maximum Gasteiger partial charge on any atom is 0.306 e. The first-order chi connectivity index (χ1) is 8.08. The second-order valence-corrected chi connectivity index (χ2v) is 5.53. The molecule has 1 amide bonds. The summed E-state index contributed by atoms with van der Waals surface area (Å²) < 4.78 is 0. The molecule has 0 radical (unpaired) electrons. The van der Waals surface area contributed by atoms with E-state index in [0.717, 1.165) is 6.42 Å². The van der Waals surface area contributed by atoms with E-state index in [1.165, 1.54) is 19.3 Å². The van der Waals surface area contributed by atoms with Crippen LogP contribution in [0.3, 0.4) is 0 Å². The summed E-state index contributed by atoms with van der Waals surface area (Å²) in [5.74, 6) is -0.459. The molecule has 2 aliphatic carbocycles. The van der Waals surface area contributed by atoms with Gasteiger partial charge >= 0.3 is 5.97 Å². The third kappa shape index (κ3) is 2.79. The van der Waals surface area contributed by atoms with Gasteiger partial charge in [-0.15, -0.1) is 0 Å². The first-order valence-electron chi connectivity index (χ1n) is 6.61. The highest BCUT2D eigenvalue weighted by Gasteiger charge is 2.35. The average Bonchev–Trinajstić information content (AvgIpc) is 2.62. The van der Waals surface area contributed by atoms with Crippen molar-refractivity contribution in [1.29, 1.82) is 0 Å². The van der Waals surface area contributed by atoms with Crippen LogP contribution in [0, 0.1) is 17.8 Å². The molecular weight excluding hydrogens is 218 g/mol. The number of carbonyl (C=O) groups excluding carboxylic acids is 1. The number of nitrogens with one attached hydrogen (secondary N) is 1. The van der Waals surface area contributed by atoms with Crippen LogP contribution in [0.25, 0.3) is 0 Å². The molecule has 2 N–H and O–H groups in total.